The Morgan fingerprint density at radius 1 is 1.17 bits per heavy atom. The molecule has 7 nitrogen and oxygen atoms in total. The van der Waals surface area contributed by atoms with Gasteiger partial charge < -0.3 is 30.0 Å². The second-order valence-corrected chi connectivity index (χ2v) is 6.66. The van der Waals surface area contributed by atoms with Crippen LogP contribution in [0.2, 0.25) is 0 Å². The first-order valence-electron chi connectivity index (χ1n) is 9.15. The molecule has 0 aliphatic carbocycles. The first kappa shape index (κ1) is 22.8. The second-order valence-electron chi connectivity index (χ2n) is 6.66. The number of methoxy groups -OCH3 is 2. The van der Waals surface area contributed by atoms with Gasteiger partial charge >= 0.3 is 0 Å². The fourth-order valence-corrected chi connectivity index (χ4v) is 3.51. The van der Waals surface area contributed by atoms with Crippen LogP contribution in [-0.2, 0) is 16.0 Å². The number of nitrogens with two attached hydrogens (primary N) is 1. The number of aliphatic hydroxyl groups is 1. The molecule has 1 aliphatic heterocycles. The minimum Gasteiger partial charge on any atom is -0.493 e. The summed E-state index contributed by atoms with van der Waals surface area (Å²) in [5, 5.41) is 9.84. The Kier molecular flexibility index (Phi) is 8.13. The highest BCUT2D eigenvalue weighted by atomic mass is 35.5. The average molecular weight is 423 g/mol. The van der Waals surface area contributed by atoms with Crippen molar-refractivity contribution in [1.29, 1.82) is 0 Å². The van der Waals surface area contributed by atoms with E-state index in [1.807, 2.05) is 24.3 Å². The summed E-state index contributed by atoms with van der Waals surface area (Å²) in [6, 6.07) is 12.3. The topological polar surface area (TPSA) is 94.2 Å². The van der Waals surface area contributed by atoms with Gasteiger partial charge in [-0.05, 0) is 35.4 Å². The van der Waals surface area contributed by atoms with Crippen LogP contribution in [0.1, 0.15) is 17.2 Å². The zero-order valence-electron chi connectivity index (χ0n) is 16.5. The third-order valence-electron chi connectivity index (χ3n) is 4.94. The Balaban J connectivity index is 0.00000300. The minimum atomic E-state index is -0.512. The van der Waals surface area contributed by atoms with E-state index >= 15 is 0 Å². The van der Waals surface area contributed by atoms with Gasteiger partial charge in [-0.25, -0.2) is 0 Å². The van der Waals surface area contributed by atoms with Crippen LogP contribution in [0.4, 0.5) is 5.69 Å². The molecule has 0 saturated carbocycles. The van der Waals surface area contributed by atoms with Gasteiger partial charge in [0.25, 0.3) is 0 Å². The van der Waals surface area contributed by atoms with E-state index in [2.05, 4.69) is 0 Å². The van der Waals surface area contributed by atoms with Crippen molar-refractivity contribution in [1.82, 2.24) is 4.90 Å². The van der Waals surface area contributed by atoms with Crippen LogP contribution in [0, 0.1) is 0 Å². The van der Waals surface area contributed by atoms with E-state index in [-0.39, 0.29) is 31.3 Å². The molecule has 158 valence electrons. The van der Waals surface area contributed by atoms with Crippen LogP contribution in [-0.4, -0.2) is 56.0 Å². The number of hydrogen-bond acceptors (Lipinski definition) is 6. The highest BCUT2D eigenvalue weighted by Crippen LogP contribution is 2.36. The monoisotopic (exact) mass is 422 g/mol. The summed E-state index contributed by atoms with van der Waals surface area (Å²) in [5.41, 5.74) is 8.09. The van der Waals surface area contributed by atoms with Crippen molar-refractivity contribution in [2.75, 3.05) is 39.7 Å². The predicted molar refractivity (Wildman–Crippen MR) is 113 cm³/mol. The first-order chi connectivity index (χ1) is 13.6. The number of nitrogens with zero attached hydrogens (tertiary/aromatic N) is 1. The normalized spacial score (nSPS) is 18.7. The van der Waals surface area contributed by atoms with E-state index in [0.29, 0.717) is 30.3 Å². The van der Waals surface area contributed by atoms with Crippen molar-refractivity contribution in [3.8, 4) is 11.5 Å². The molecular weight excluding hydrogens is 396 g/mol. The van der Waals surface area contributed by atoms with E-state index in [1.54, 1.807) is 37.3 Å². The predicted octanol–water partition coefficient (Wildman–Crippen LogP) is 2.21. The molecule has 1 heterocycles. The summed E-state index contributed by atoms with van der Waals surface area (Å²) in [4.78, 5) is 14.8. The van der Waals surface area contributed by atoms with Gasteiger partial charge in [0.05, 0.1) is 39.9 Å². The van der Waals surface area contributed by atoms with Gasteiger partial charge in [0.2, 0.25) is 5.91 Å². The van der Waals surface area contributed by atoms with Crippen molar-refractivity contribution in [3.63, 3.8) is 0 Å². The first-order valence-corrected chi connectivity index (χ1v) is 9.15. The summed E-state index contributed by atoms with van der Waals surface area (Å²) in [6.45, 7) is 0.635. The molecule has 1 fully saturated rings. The van der Waals surface area contributed by atoms with E-state index in [1.165, 1.54) is 0 Å². The number of halogens is 1. The molecule has 2 atom stereocenters. The highest BCUT2D eigenvalue weighted by molar-refractivity contribution is 5.85. The molecule has 3 N–H and O–H groups in total. The van der Waals surface area contributed by atoms with Crippen LogP contribution < -0.4 is 15.2 Å². The summed E-state index contributed by atoms with van der Waals surface area (Å²) >= 11 is 0. The maximum Gasteiger partial charge on any atom is 0.227 e. The van der Waals surface area contributed by atoms with Gasteiger partial charge in [-0.3, -0.25) is 4.79 Å². The van der Waals surface area contributed by atoms with Crippen molar-refractivity contribution in [2.24, 2.45) is 0 Å². The minimum absolute atomic E-state index is 0. The van der Waals surface area contributed by atoms with Gasteiger partial charge in [0.15, 0.2) is 11.5 Å². The summed E-state index contributed by atoms with van der Waals surface area (Å²) in [7, 11) is 3.13. The van der Waals surface area contributed by atoms with Crippen LogP contribution in [0.5, 0.6) is 11.5 Å². The lowest BCUT2D eigenvalue weighted by molar-refractivity contribution is -0.149. The Bertz CT molecular complexity index is 815. The van der Waals surface area contributed by atoms with Crippen molar-refractivity contribution in [2.45, 2.75) is 18.6 Å². The maximum atomic E-state index is 13.1. The fourth-order valence-electron chi connectivity index (χ4n) is 3.51. The zero-order chi connectivity index (χ0) is 20.1. The number of nitrogen functional groups attached to an aromatic ring is 1. The fraction of sp³-hybridized carbons (Fsp3) is 0.381. The average Bonchev–Trinajstić information content (AvgIpc) is 2.74. The molecule has 2 aromatic carbocycles. The largest absolute Gasteiger partial charge is 0.493 e. The van der Waals surface area contributed by atoms with Crippen LogP contribution >= 0.6 is 12.4 Å². The highest BCUT2D eigenvalue weighted by Gasteiger charge is 2.36. The lowest BCUT2D eigenvalue weighted by Crippen LogP contribution is -2.49. The van der Waals surface area contributed by atoms with Crippen molar-refractivity contribution >= 4 is 24.0 Å². The molecule has 3 rings (SSSR count). The van der Waals surface area contributed by atoms with Gasteiger partial charge in [-0.1, -0.05) is 18.2 Å². The molecular formula is C21H27ClN2O5. The smallest absolute Gasteiger partial charge is 0.227 e. The van der Waals surface area contributed by atoms with Gasteiger partial charge in [0.1, 0.15) is 6.10 Å². The number of aliphatic hydroxyl groups excluding tert-OH is 1. The number of amides is 1. The zero-order valence-corrected chi connectivity index (χ0v) is 17.4. The summed E-state index contributed by atoms with van der Waals surface area (Å²) in [6.07, 6.45) is -0.260. The van der Waals surface area contributed by atoms with E-state index in [9.17, 15) is 9.90 Å². The quantitative estimate of drug-likeness (QED) is 0.693. The third-order valence-corrected chi connectivity index (χ3v) is 4.94. The van der Waals surface area contributed by atoms with Crippen LogP contribution in [0.15, 0.2) is 42.5 Å². The molecule has 0 unspecified atom stereocenters. The van der Waals surface area contributed by atoms with Gasteiger partial charge in [0, 0.05) is 12.2 Å². The molecule has 29 heavy (non-hydrogen) atoms. The van der Waals surface area contributed by atoms with Crippen molar-refractivity contribution in [3.05, 3.63) is 53.6 Å². The van der Waals surface area contributed by atoms with Crippen LogP contribution in [0.3, 0.4) is 0 Å². The maximum absolute atomic E-state index is 13.1. The third kappa shape index (κ3) is 5.12. The Labute approximate surface area is 176 Å². The second kappa shape index (κ2) is 10.3. The molecule has 0 radical (unpaired) electrons. The number of hydrogen-bond donors (Lipinski definition) is 2. The SMILES string of the molecule is COc1ccc([C@@H]2[C@@H](CO)OCCN2C(=O)Cc2ccc(N)cc2)cc1OC.Cl. The molecule has 8 heteroatoms. The molecule has 1 saturated heterocycles. The van der Waals surface area contributed by atoms with Crippen LogP contribution in [0.25, 0.3) is 0 Å². The molecule has 0 spiro atoms. The van der Waals surface area contributed by atoms with Gasteiger partial charge in [-0.2, -0.15) is 0 Å². The summed E-state index contributed by atoms with van der Waals surface area (Å²) in [5.74, 6) is 1.13. The van der Waals surface area contributed by atoms with E-state index in [4.69, 9.17) is 19.9 Å². The Morgan fingerprint density at radius 3 is 2.48 bits per heavy atom. The number of morpholine rings is 1. The number of carbonyl (C=O) groups excluding carboxylic acids is 1. The van der Waals surface area contributed by atoms with E-state index < -0.39 is 12.1 Å². The lowest BCUT2D eigenvalue weighted by Gasteiger charge is -2.41. The standard InChI is InChI=1S/C21H26N2O5.ClH/c1-26-17-8-5-15(12-18(17)27-2)21-19(13-24)28-10-9-23(21)20(25)11-14-3-6-16(22)7-4-14;/h3-8,12,19,21,24H,9-11,13,22H2,1-2H3;1H/t19-,21-;/m1./s1. The number of rotatable bonds is 6. The molecule has 1 aliphatic rings. The molecule has 0 bridgehead atoms. The number of ether oxygens (including phenoxy) is 3. The molecule has 2 aromatic rings. The van der Waals surface area contributed by atoms with Crippen molar-refractivity contribution < 1.29 is 24.1 Å². The Hall–Kier alpha value is -2.48. The summed E-state index contributed by atoms with van der Waals surface area (Å²) < 4.78 is 16.4. The van der Waals surface area contributed by atoms with E-state index in [0.717, 1.165) is 11.1 Å². The lowest BCUT2D eigenvalue weighted by atomic mass is 9.97. The number of anilines is 1. The Morgan fingerprint density at radius 2 is 1.86 bits per heavy atom. The van der Waals surface area contributed by atoms with Gasteiger partial charge in [-0.15, -0.1) is 12.4 Å². The number of benzene rings is 2. The number of carbonyl (C=O) groups is 1. The molecule has 1 amide bonds. The molecule has 0 aromatic heterocycles.